The van der Waals surface area contributed by atoms with Crippen LogP contribution in [0.2, 0.25) is 0 Å². The fourth-order valence-corrected chi connectivity index (χ4v) is 4.46. The average Bonchev–Trinajstić information content (AvgIpc) is 3.31. The van der Waals surface area contributed by atoms with Gasteiger partial charge in [0, 0.05) is 11.1 Å². The van der Waals surface area contributed by atoms with Crippen molar-refractivity contribution in [1.82, 2.24) is 14.8 Å². The van der Waals surface area contributed by atoms with E-state index in [-0.39, 0.29) is 11.9 Å². The van der Waals surface area contributed by atoms with Crippen LogP contribution < -0.4 is 14.8 Å². The number of para-hydroxylation sites is 1. The molecule has 6 rings (SSSR count). The molecule has 0 saturated carbocycles. The molecule has 0 amide bonds. The van der Waals surface area contributed by atoms with Gasteiger partial charge in [-0.3, -0.25) is 0 Å². The SMILES string of the molecule is COc1cccc(C2C3=C(Nc4ncnn42)c2ccccc2OC3c2ccc(F)cc2)c1. The van der Waals surface area contributed by atoms with Crippen LogP contribution in [0.1, 0.15) is 28.8 Å². The Bertz CT molecular complexity index is 1350. The zero-order valence-corrected chi connectivity index (χ0v) is 17.2. The van der Waals surface area contributed by atoms with E-state index < -0.39 is 6.10 Å². The maximum Gasteiger partial charge on any atom is 0.226 e. The fraction of sp³-hybridized carbons (Fsp3) is 0.120. The summed E-state index contributed by atoms with van der Waals surface area (Å²) in [6.07, 6.45) is 1.09. The van der Waals surface area contributed by atoms with Crippen molar-refractivity contribution in [2.75, 3.05) is 12.4 Å². The second-order valence-electron chi connectivity index (χ2n) is 7.71. The minimum atomic E-state index is -0.443. The Labute approximate surface area is 183 Å². The van der Waals surface area contributed by atoms with Crippen LogP contribution in [0.4, 0.5) is 10.3 Å². The van der Waals surface area contributed by atoms with Crippen molar-refractivity contribution in [1.29, 1.82) is 0 Å². The van der Waals surface area contributed by atoms with Crippen molar-refractivity contribution in [2.45, 2.75) is 12.1 Å². The van der Waals surface area contributed by atoms with Crippen LogP contribution in [0.25, 0.3) is 5.70 Å². The average molecular weight is 426 g/mol. The Morgan fingerprint density at radius 1 is 1.00 bits per heavy atom. The van der Waals surface area contributed by atoms with Gasteiger partial charge in [-0.2, -0.15) is 10.1 Å². The Morgan fingerprint density at radius 3 is 2.69 bits per heavy atom. The molecule has 3 heterocycles. The van der Waals surface area contributed by atoms with Crippen molar-refractivity contribution >= 4 is 11.6 Å². The smallest absolute Gasteiger partial charge is 0.226 e. The molecule has 2 aliphatic rings. The van der Waals surface area contributed by atoms with Crippen molar-refractivity contribution in [2.24, 2.45) is 0 Å². The standard InChI is InChI=1S/C25H19FN4O2/c1-31-18-6-4-5-16(13-18)23-21-22(29-25-27-14-28-30(23)25)19-7-2-3-8-20(19)32-24(21)15-9-11-17(26)12-10-15/h2-14,23-24H,1H3,(H,27,28,29). The maximum absolute atomic E-state index is 13.7. The number of hydrogen-bond acceptors (Lipinski definition) is 5. The van der Waals surface area contributed by atoms with Gasteiger partial charge >= 0.3 is 0 Å². The predicted molar refractivity (Wildman–Crippen MR) is 118 cm³/mol. The summed E-state index contributed by atoms with van der Waals surface area (Å²) in [5.74, 6) is 1.86. The first-order chi connectivity index (χ1) is 15.7. The highest BCUT2D eigenvalue weighted by molar-refractivity contribution is 5.85. The van der Waals surface area contributed by atoms with Crippen molar-refractivity contribution in [3.63, 3.8) is 0 Å². The third-order valence-electron chi connectivity index (χ3n) is 5.90. The third kappa shape index (κ3) is 2.85. The van der Waals surface area contributed by atoms with E-state index in [0.717, 1.165) is 39.5 Å². The zero-order valence-electron chi connectivity index (χ0n) is 17.2. The van der Waals surface area contributed by atoms with Crippen LogP contribution in [-0.4, -0.2) is 21.9 Å². The Balaban J connectivity index is 1.62. The van der Waals surface area contributed by atoms with Gasteiger partial charge in [-0.05, 0) is 47.5 Å². The van der Waals surface area contributed by atoms with Gasteiger partial charge in [-0.15, -0.1) is 0 Å². The molecule has 158 valence electrons. The van der Waals surface area contributed by atoms with Gasteiger partial charge in [-0.1, -0.05) is 36.4 Å². The number of nitrogens with zero attached hydrogens (tertiary/aromatic N) is 3. The van der Waals surface area contributed by atoms with Crippen LogP contribution in [-0.2, 0) is 0 Å². The number of anilines is 1. The molecule has 32 heavy (non-hydrogen) atoms. The molecule has 2 atom stereocenters. The molecule has 0 aliphatic carbocycles. The molecule has 1 N–H and O–H groups in total. The molecule has 2 aliphatic heterocycles. The van der Waals surface area contributed by atoms with Crippen LogP contribution in [0, 0.1) is 5.82 Å². The van der Waals surface area contributed by atoms with Gasteiger partial charge in [0.05, 0.1) is 12.8 Å². The van der Waals surface area contributed by atoms with E-state index in [1.165, 1.54) is 18.5 Å². The fourth-order valence-electron chi connectivity index (χ4n) is 4.46. The first kappa shape index (κ1) is 18.6. The quantitative estimate of drug-likeness (QED) is 0.500. The topological polar surface area (TPSA) is 61.2 Å². The number of aromatic nitrogens is 3. The monoisotopic (exact) mass is 426 g/mol. The van der Waals surface area contributed by atoms with E-state index in [1.54, 1.807) is 19.2 Å². The number of fused-ring (bicyclic) bond motifs is 3. The highest BCUT2D eigenvalue weighted by atomic mass is 19.1. The molecular formula is C25H19FN4O2. The largest absolute Gasteiger partial charge is 0.497 e. The minimum absolute atomic E-state index is 0.288. The van der Waals surface area contributed by atoms with Gasteiger partial charge < -0.3 is 14.8 Å². The van der Waals surface area contributed by atoms with Crippen molar-refractivity contribution < 1.29 is 13.9 Å². The lowest BCUT2D eigenvalue weighted by Crippen LogP contribution is -2.32. The zero-order chi connectivity index (χ0) is 21.7. The van der Waals surface area contributed by atoms with E-state index in [9.17, 15) is 4.39 Å². The van der Waals surface area contributed by atoms with Crippen LogP contribution >= 0.6 is 0 Å². The van der Waals surface area contributed by atoms with Crippen molar-refractivity contribution in [3.05, 3.63) is 107 Å². The second kappa shape index (κ2) is 7.23. The van der Waals surface area contributed by atoms with E-state index in [2.05, 4.69) is 15.4 Å². The molecule has 0 fully saturated rings. The van der Waals surface area contributed by atoms with Crippen LogP contribution in [0.3, 0.4) is 0 Å². The number of hydrogen-bond donors (Lipinski definition) is 1. The number of methoxy groups -OCH3 is 1. The van der Waals surface area contributed by atoms with E-state index in [0.29, 0.717) is 5.95 Å². The Kier molecular flexibility index (Phi) is 4.21. The summed E-state index contributed by atoms with van der Waals surface area (Å²) >= 11 is 0. The summed E-state index contributed by atoms with van der Waals surface area (Å²) in [7, 11) is 1.65. The summed E-state index contributed by atoms with van der Waals surface area (Å²) in [6.45, 7) is 0. The lowest BCUT2D eigenvalue weighted by molar-refractivity contribution is 0.223. The molecule has 7 heteroatoms. The molecule has 0 radical (unpaired) electrons. The summed E-state index contributed by atoms with van der Waals surface area (Å²) in [4.78, 5) is 4.43. The first-order valence-electron chi connectivity index (χ1n) is 10.3. The summed E-state index contributed by atoms with van der Waals surface area (Å²) in [5.41, 5.74) is 4.69. The van der Waals surface area contributed by atoms with E-state index >= 15 is 0 Å². The molecule has 0 saturated heterocycles. The maximum atomic E-state index is 13.7. The highest BCUT2D eigenvalue weighted by Crippen LogP contribution is 2.50. The normalized spacial score (nSPS) is 18.7. The molecule has 0 bridgehead atoms. The number of ether oxygens (including phenoxy) is 2. The lowest BCUT2D eigenvalue weighted by Gasteiger charge is -2.39. The summed E-state index contributed by atoms with van der Waals surface area (Å²) < 4.78 is 27.5. The summed E-state index contributed by atoms with van der Waals surface area (Å²) in [5, 5.41) is 7.97. The molecular weight excluding hydrogens is 407 g/mol. The van der Waals surface area contributed by atoms with Crippen LogP contribution in [0.15, 0.2) is 84.7 Å². The number of benzene rings is 3. The van der Waals surface area contributed by atoms with Gasteiger partial charge in [0.2, 0.25) is 5.95 Å². The lowest BCUT2D eigenvalue weighted by atomic mass is 9.84. The Hall–Kier alpha value is -4.13. The van der Waals surface area contributed by atoms with E-state index in [1.807, 2.05) is 53.2 Å². The molecule has 0 spiro atoms. The number of rotatable bonds is 3. The molecule has 1 aromatic heterocycles. The Morgan fingerprint density at radius 2 is 1.84 bits per heavy atom. The molecule has 6 nitrogen and oxygen atoms in total. The first-order valence-corrected chi connectivity index (χ1v) is 10.3. The number of halogens is 1. The molecule has 3 aromatic carbocycles. The number of nitrogens with one attached hydrogen (secondary N) is 1. The molecule has 4 aromatic rings. The second-order valence-corrected chi connectivity index (χ2v) is 7.71. The van der Waals surface area contributed by atoms with Gasteiger partial charge in [0.15, 0.2) is 0 Å². The third-order valence-corrected chi connectivity index (χ3v) is 5.90. The van der Waals surface area contributed by atoms with E-state index in [4.69, 9.17) is 9.47 Å². The summed E-state index contributed by atoms with van der Waals surface area (Å²) in [6, 6.07) is 21.9. The highest BCUT2D eigenvalue weighted by Gasteiger charge is 2.40. The van der Waals surface area contributed by atoms with Gasteiger partial charge in [0.1, 0.15) is 35.8 Å². The van der Waals surface area contributed by atoms with Gasteiger partial charge in [-0.25, -0.2) is 9.07 Å². The van der Waals surface area contributed by atoms with Crippen molar-refractivity contribution in [3.8, 4) is 11.5 Å². The molecule has 2 unspecified atom stereocenters. The predicted octanol–water partition coefficient (Wildman–Crippen LogP) is 4.99. The van der Waals surface area contributed by atoms with Crippen LogP contribution in [0.5, 0.6) is 11.5 Å². The minimum Gasteiger partial charge on any atom is -0.497 e. The van der Waals surface area contributed by atoms with Gasteiger partial charge in [0.25, 0.3) is 0 Å².